The van der Waals surface area contributed by atoms with Crippen molar-refractivity contribution < 1.29 is 17.9 Å². The van der Waals surface area contributed by atoms with Gasteiger partial charge in [-0.05, 0) is 25.1 Å². The molecule has 0 aliphatic carbocycles. The molecular formula is C13H20N2O4S. The van der Waals surface area contributed by atoms with Crippen LogP contribution in [0.15, 0.2) is 18.2 Å². The second-order valence-electron chi connectivity index (χ2n) is 4.95. The fourth-order valence-electron chi connectivity index (χ4n) is 1.84. The summed E-state index contributed by atoms with van der Waals surface area (Å²) in [7, 11) is -3.34. The Morgan fingerprint density at radius 1 is 1.25 bits per heavy atom. The van der Waals surface area contributed by atoms with E-state index >= 15 is 0 Å². The Morgan fingerprint density at radius 3 is 2.75 bits per heavy atom. The highest BCUT2D eigenvalue weighted by molar-refractivity contribution is 7.92. The quantitative estimate of drug-likeness (QED) is 0.747. The third-order valence-corrected chi connectivity index (χ3v) is 4.16. The van der Waals surface area contributed by atoms with Gasteiger partial charge in [0.15, 0.2) is 11.5 Å². The van der Waals surface area contributed by atoms with E-state index in [0.717, 1.165) is 0 Å². The van der Waals surface area contributed by atoms with Crippen LogP contribution in [0.25, 0.3) is 0 Å². The lowest BCUT2D eigenvalue weighted by molar-refractivity contribution is 0.174. The van der Waals surface area contributed by atoms with Gasteiger partial charge in [-0.2, -0.15) is 0 Å². The molecule has 20 heavy (non-hydrogen) atoms. The van der Waals surface area contributed by atoms with Crippen LogP contribution in [0, 0.1) is 0 Å². The molecule has 0 unspecified atom stereocenters. The molecule has 1 aromatic rings. The van der Waals surface area contributed by atoms with E-state index in [9.17, 15) is 8.42 Å². The molecule has 112 valence electrons. The van der Waals surface area contributed by atoms with Crippen LogP contribution in [0.4, 0.5) is 5.69 Å². The second kappa shape index (κ2) is 6.32. The molecule has 0 amide bonds. The Balaban J connectivity index is 1.88. The molecule has 0 fully saturated rings. The number of rotatable bonds is 7. The van der Waals surface area contributed by atoms with Gasteiger partial charge in [0.25, 0.3) is 0 Å². The Morgan fingerprint density at radius 2 is 2.00 bits per heavy atom. The smallest absolute Gasteiger partial charge is 0.232 e. The molecule has 2 rings (SSSR count). The molecule has 1 aliphatic heterocycles. The molecule has 0 aromatic heterocycles. The summed E-state index contributed by atoms with van der Waals surface area (Å²) in [5, 5.41) is 3.19. The predicted octanol–water partition coefficient (Wildman–Crippen LogP) is 1.55. The van der Waals surface area contributed by atoms with Gasteiger partial charge in [0, 0.05) is 12.1 Å². The molecule has 0 saturated carbocycles. The summed E-state index contributed by atoms with van der Waals surface area (Å²) in [5.41, 5.74) is 0.492. The molecule has 0 atom stereocenters. The summed E-state index contributed by atoms with van der Waals surface area (Å²) in [4.78, 5) is 0. The molecule has 7 heteroatoms. The van der Waals surface area contributed by atoms with E-state index in [2.05, 4.69) is 10.0 Å². The summed E-state index contributed by atoms with van der Waals surface area (Å²) >= 11 is 0. The van der Waals surface area contributed by atoms with Crippen LogP contribution >= 0.6 is 0 Å². The summed E-state index contributed by atoms with van der Waals surface area (Å²) < 4.78 is 36.8. The molecular weight excluding hydrogens is 280 g/mol. The van der Waals surface area contributed by atoms with Crippen molar-refractivity contribution >= 4 is 15.7 Å². The van der Waals surface area contributed by atoms with Crippen molar-refractivity contribution in [3.05, 3.63) is 18.2 Å². The van der Waals surface area contributed by atoms with Crippen LogP contribution in [0.5, 0.6) is 11.5 Å². The van der Waals surface area contributed by atoms with Crippen molar-refractivity contribution in [2.45, 2.75) is 26.3 Å². The van der Waals surface area contributed by atoms with Crippen LogP contribution in [-0.2, 0) is 10.0 Å². The maximum atomic E-state index is 11.9. The Kier molecular flexibility index (Phi) is 4.72. The SMILES string of the molecule is CC(C)NCCCS(=O)(=O)Nc1ccc2c(c1)OCO2. The molecule has 1 heterocycles. The number of ether oxygens (including phenoxy) is 2. The molecule has 0 saturated heterocycles. The van der Waals surface area contributed by atoms with Crippen molar-refractivity contribution in [2.24, 2.45) is 0 Å². The van der Waals surface area contributed by atoms with Gasteiger partial charge in [-0.15, -0.1) is 0 Å². The minimum absolute atomic E-state index is 0.0845. The highest BCUT2D eigenvalue weighted by atomic mass is 32.2. The van der Waals surface area contributed by atoms with Crippen LogP contribution in [0.3, 0.4) is 0 Å². The number of fused-ring (bicyclic) bond motifs is 1. The molecule has 6 nitrogen and oxygen atoms in total. The minimum atomic E-state index is -3.34. The number of sulfonamides is 1. The number of nitrogens with one attached hydrogen (secondary N) is 2. The second-order valence-corrected chi connectivity index (χ2v) is 6.79. The zero-order chi connectivity index (χ0) is 14.6. The first-order valence-corrected chi connectivity index (χ1v) is 8.25. The average Bonchev–Trinajstić information content (AvgIpc) is 2.81. The molecule has 0 spiro atoms. The summed E-state index contributed by atoms with van der Waals surface area (Å²) in [6.45, 7) is 4.91. The number of hydrogen-bond donors (Lipinski definition) is 2. The lowest BCUT2D eigenvalue weighted by Crippen LogP contribution is -2.26. The van der Waals surface area contributed by atoms with Crippen molar-refractivity contribution in [3.63, 3.8) is 0 Å². The van der Waals surface area contributed by atoms with E-state index in [0.29, 0.717) is 36.2 Å². The topological polar surface area (TPSA) is 76.7 Å². The van der Waals surface area contributed by atoms with E-state index in [1.54, 1.807) is 18.2 Å². The Bertz CT molecular complexity index is 557. The summed E-state index contributed by atoms with van der Waals surface area (Å²) in [5.74, 6) is 1.28. The molecule has 0 bridgehead atoms. The van der Waals surface area contributed by atoms with Crippen LogP contribution < -0.4 is 19.5 Å². The number of anilines is 1. The Hall–Kier alpha value is -1.47. The van der Waals surface area contributed by atoms with Gasteiger partial charge in [0.2, 0.25) is 16.8 Å². The summed E-state index contributed by atoms with van der Waals surface area (Å²) in [6.07, 6.45) is 0.568. The fraction of sp³-hybridized carbons (Fsp3) is 0.538. The first-order valence-electron chi connectivity index (χ1n) is 6.60. The summed E-state index contributed by atoms with van der Waals surface area (Å²) in [6, 6.07) is 5.35. The maximum absolute atomic E-state index is 11.9. The number of hydrogen-bond acceptors (Lipinski definition) is 5. The number of benzene rings is 1. The maximum Gasteiger partial charge on any atom is 0.232 e. The van der Waals surface area contributed by atoms with Crippen LogP contribution in [-0.4, -0.2) is 33.6 Å². The lowest BCUT2D eigenvalue weighted by Gasteiger charge is -2.10. The normalized spacial score (nSPS) is 13.8. The minimum Gasteiger partial charge on any atom is -0.454 e. The van der Waals surface area contributed by atoms with Gasteiger partial charge in [0.05, 0.1) is 11.4 Å². The Labute approximate surface area is 119 Å². The van der Waals surface area contributed by atoms with Gasteiger partial charge >= 0.3 is 0 Å². The van der Waals surface area contributed by atoms with Crippen LogP contribution in [0.2, 0.25) is 0 Å². The van der Waals surface area contributed by atoms with Crippen molar-refractivity contribution in [3.8, 4) is 11.5 Å². The first kappa shape index (κ1) is 14.9. The van der Waals surface area contributed by atoms with Crippen molar-refractivity contribution in [1.82, 2.24) is 5.32 Å². The van der Waals surface area contributed by atoms with E-state index in [-0.39, 0.29) is 12.5 Å². The standard InChI is InChI=1S/C13H20N2O4S/c1-10(2)14-6-3-7-20(16,17)15-11-4-5-12-13(8-11)19-9-18-12/h4-5,8,10,14-15H,3,6-7,9H2,1-2H3. The molecule has 1 aromatic carbocycles. The third-order valence-electron chi connectivity index (χ3n) is 2.79. The van der Waals surface area contributed by atoms with Gasteiger partial charge in [-0.1, -0.05) is 13.8 Å². The monoisotopic (exact) mass is 300 g/mol. The lowest BCUT2D eigenvalue weighted by atomic mass is 10.3. The average molecular weight is 300 g/mol. The zero-order valence-electron chi connectivity index (χ0n) is 11.7. The highest BCUT2D eigenvalue weighted by Gasteiger charge is 2.16. The predicted molar refractivity (Wildman–Crippen MR) is 77.7 cm³/mol. The van der Waals surface area contributed by atoms with E-state index in [1.807, 2.05) is 13.8 Å². The molecule has 1 aliphatic rings. The zero-order valence-corrected chi connectivity index (χ0v) is 12.5. The van der Waals surface area contributed by atoms with E-state index < -0.39 is 10.0 Å². The largest absolute Gasteiger partial charge is 0.454 e. The van der Waals surface area contributed by atoms with Gasteiger partial charge in [-0.3, -0.25) is 4.72 Å². The molecule has 0 radical (unpaired) electrons. The van der Waals surface area contributed by atoms with Gasteiger partial charge in [0.1, 0.15) is 0 Å². The van der Waals surface area contributed by atoms with Gasteiger partial charge < -0.3 is 14.8 Å². The van der Waals surface area contributed by atoms with Crippen molar-refractivity contribution in [1.29, 1.82) is 0 Å². The van der Waals surface area contributed by atoms with E-state index in [4.69, 9.17) is 9.47 Å². The molecule has 2 N–H and O–H groups in total. The fourth-order valence-corrected chi connectivity index (χ4v) is 2.96. The highest BCUT2D eigenvalue weighted by Crippen LogP contribution is 2.34. The third kappa shape index (κ3) is 4.28. The van der Waals surface area contributed by atoms with Gasteiger partial charge in [-0.25, -0.2) is 8.42 Å². The van der Waals surface area contributed by atoms with E-state index in [1.165, 1.54) is 0 Å². The van der Waals surface area contributed by atoms with Crippen molar-refractivity contribution in [2.75, 3.05) is 23.8 Å². The van der Waals surface area contributed by atoms with Crippen LogP contribution in [0.1, 0.15) is 20.3 Å². The first-order chi connectivity index (χ1) is 9.46.